The highest BCUT2D eigenvalue weighted by atomic mass is 35.5. The van der Waals surface area contributed by atoms with Crippen LogP contribution >= 0.6 is 23.2 Å². The minimum absolute atomic E-state index is 0.0952. The lowest BCUT2D eigenvalue weighted by Crippen LogP contribution is -2.46. The Morgan fingerprint density at radius 2 is 1.71 bits per heavy atom. The van der Waals surface area contributed by atoms with Crippen molar-refractivity contribution in [2.45, 2.75) is 32.1 Å². The molecule has 0 radical (unpaired) electrons. The molecular formula is C20H25Cl2N3O3. The van der Waals surface area contributed by atoms with Crippen LogP contribution in [0, 0.1) is 5.92 Å². The van der Waals surface area contributed by atoms with Gasteiger partial charge in [-0.05, 0) is 43.9 Å². The predicted octanol–water partition coefficient (Wildman–Crippen LogP) is 2.97. The Balaban J connectivity index is 1.49. The third-order valence-electron chi connectivity index (χ3n) is 5.34. The Kier molecular flexibility index (Phi) is 7.18. The summed E-state index contributed by atoms with van der Waals surface area (Å²) >= 11 is 11.9. The van der Waals surface area contributed by atoms with Gasteiger partial charge in [-0.25, -0.2) is 0 Å². The second kappa shape index (κ2) is 9.61. The predicted molar refractivity (Wildman–Crippen MR) is 109 cm³/mol. The molecule has 1 unspecified atom stereocenters. The molecule has 6 nitrogen and oxygen atoms in total. The van der Waals surface area contributed by atoms with E-state index < -0.39 is 0 Å². The second-order valence-corrected chi connectivity index (χ2v) is 8.16. The molecule has 1 aromatic carbocycles. The molecule has 0 bridgehead atoms. The zero-order valence-electron chi connectivity index (χ0n) is 15.8. The van der Waals surface area contributed by atoms with E-state index in [9.17, 15) is 14.4 Å². The summed E-state index contributed by atoms with van der Waals surface area (Å²) < 4.78 is 0. The Labute approximate surface area is 175 Å². The van der Waals surface area contributed by atoms with Gasteiger partial charge in [0.25, 0.3) is 5.91 Å². The van der Waals surface area contributed by atoms with Crippen molar-refractivity contribution in [3.63, 3.8) is 0 Å². The fourth-order valence-electron chi connectivity index (χ4n) is 3.75. The van der Waals surface area contributed by atoms with Crippen molar-refractivity contribution in [2.75, 3.05) is 32.7 Å². The number of piperidine rings is 1. The monoisotopic (exact) mass is 425 g/mol. The number of hydrogen-bond donors (Lipinski definition) is 1. The molecular weight excluding hydrogens is 401 g/mol. The van der Waals surface area contributed by atoms with Gasteiger partial charge in [0.15, 0.2) is 0 Å². The Morgan fingerprint density at radius 3 is 2.43 bits per heavy atom. The summed E-state index contributed by atoms with van der Waals surface area (Å²) in [5.41, 5.74) is 0.465. The molecule has 2 heterocycles. The molecule has 1 atom stereocenters. The van der Waals surface area contributed by atoms with E-state index in [4.69, 9.17) is 23.2 Å². The molecule has 1 aromatic rings. The lowest BCUT2D eigenvalue weighted by molar-refractivity contribution is -0.130. The average Bonchev–Trinajstić information content (AvgIpc) is 3.24. The van der Waals surface area contributed by atoms with Crippen LogP contribution in [0.3, 0.4) is 0 Å². The zero-order valence-corrected chi connectivity index (χ0v) is 17.3. The Morgan fingerprint density at radius 1 is 1.00 bits per heavy atom. The first-order chi connectivity index (χ1) is 13.5. The summed E-state index contributed by atoms with van der Waals surface area (Å²) in [6, 6.07) is 4.80. The first-order valence-corrected chi connectivity index (χ1v) is 10.5. The van der Waals surface area contributed by atoms with E-state index in [0.29, 0.717) is 41.7 Å². The molecule has 0 aliphatic carbocycles. The van der Waals surface area contributed by atoms with E-state index in [0.717, 1.165) is 38.8 Å². The smallest absolute Gasteiger partial charge is 0.253 e. The van der Waals surface area contributed by atoms with Crippen molar-refractivity contribution >= 4 is 40.9 Å². The van der Waals surface area contributed by atoms with Crippen LogP contribution in [0.2, 0.25) is 10.0 Å². The van der Waals surface area contributed by atoms with E-state index in [-0.39, 0.29) is 23.6 Å². The van der Waals surface area contributed by atoms with Crippen LogP contribution in [0.1, 0.15) is 42.5 Å². The molecule has 2 fully saturated rings. The number of carbonyl (C=O) groups excluding carboxylic acids is 3. The summed E-state index contributed by atoms with van der Waals surface area (Å²) in [5.74, 6) is -0.415. The van der Waals surface area contributed by atoms with Crippen molar-refractivity contribution < 1.29 is 14.4 Å². The van der Waals surface area contributed by atoms with Crippen molar-refractivity contribution in [1.82, 2.24) is 15.1 Å². The molecule has 3 rings (SSSR count). The number of nitrogens with zero attached hydrogens (tertiary/aromatic N) is 2. The normalized spacial score (nSPS) is 19.6. The third-order valence-corrected chi connectivity index (χ3v) is 6.08. The summed E-state index contributed by atoms with van der Waals surface area (Å²) in [4.78, 5) is 40.8. The summed E-state index contributed by atoms with van der Waals surface area (Å²) in [6.45, 7) is 2.95. The Hall–Kier alpha value is -1.79. The molecule has 8 heteroatoms. The van der Waals surface area contributed by atoms with Crippen LogP contribution in [0.25, 0.3) is 0 Å². The molecule has 0 saturated carbocycles. The minimum atomic E-state index is -0.262. The molecule has 3 amide bonds. The van der Waals surface area contributed by atoms with Gasteiger partial charge in [-0.1, -0.05) is 23.2 Å². The van der Waals surface area contributed by atoms with Gasteiger partial charge in [0, 0.05) is 44.7 Å². The van der Waals surface area contributed by atoms with E-state index in [1.165, 1.54) is 0 Å². The van der Waals surface area contributed by atoms with E-state index in [1.54, 1.807) is 23.1 Å². The molecule has 2 aliphatic rings. The lowest BCUT2D eigenvalue weighted by Gasteiger charge is -2.32. The lowest BCUT2D eigenvalue weighted by atomic mass is 9.96. The summed E-state index contributed by atoms with van der Waals surface area (Å²) in [7, 11) is 0. The van der Waals surface area contributed by atoms with E-state index in [1.807, 2.05) is 4.90 Å². The zero-order chi connectivity index (χ0) is 20.1. The topological polar surface area (TPSA) is 69.7 Å². The van der Waals surface area contributed by atoms with Gasteiger partial charge in [-0.15, -0.1) is 0 Å². The maximum Gasteiger partial charge on any atom is 0.253 e. The number of benzene rings is 1. The van der Waals surface area contributed by atoms with Gasteiger partial charge >= 0.3 is 0 Å². The maximum absolute atomic E-state index is 12.7. The van der Waals surface area contributed by atoms with Crippen molar-refractivity contribution in [3.8, 4) is 0 Å². The van der Waals surface area contributed by atoms with Crippen molar-refractivity contribution in [3.05, 3.63) is 33.8 Å². The van der Waals surface area contributed by atoms with Crippen LogP contribution in [0.15, 0.2) is 18.2 Å². The second-order valence-electron chi connectivity index (χ2n) is 7.35. The molecule has 0 spiro atoms. The highest BCUT2D eigenvalue weighted by molar-refractivity contribution is 6.42. The summed E-state index contributed by atoms with van der Waals surface area (Å²) in [5, 5.41) is 3.59. The number of nitrogens with one attached hydrogen (secondary N) is 1. The van der Waals surface area contributed by atoms with Gasteiger partial charge < -0.3 is 15.1 Å². The van der Waals surface area contributed by atoms with Gasteiger partial charge in [0.05, 0.1) is 16.0 Å². The fraction of sp³-hybridized carbons (Fsp3) is 0.550. The minimum Gasteiger partial charge on any atom is -0.355 e. The van der Waals surface area contributed by atoms with E-state index in [2.05, 4.69) is 5.32 Å². The molecule has 2 saturated heterocycles. The van der Waals surface area contributed by atoms with Gasteiger partial charge in [0.1, 0.15) is 0 Å². The van der Waals surface area contributed by atoms with Gasteiger partial charge in [0.2, 0.25) is 11.8 Å². The fourth-order valence-corrected chi connectivity index (χ4v) is 4.05. The van der Waals surface area contributed by atoms with Crippen molar-refractivity contribution in [2.24, 2.45) is 5.92 Å². The highest BCUT2D eigenvalue weighted by Crippen LogP contribution is 2.25. The standard InChI is InChI=1S/C20H25Cl2N3O3/c21-16-6-5-14(12-17(16)22)20(28)25-11-3-4-15(13-25)19(27)23-8-7-18(26)24-9-1-2-10-24/h5-6,12,15H,1-4,7-11,13H2,(H,23,27). The number of likely N-dealkylation sites (tertiary alicyclic amines) is 2. The molecule has 152 valence electrons. The van der Waals surface area contributed by atoms with Gasteiger partial charge in [-0.3, -0.25) is 14.4 Å². The van der Waals surface area contributed by atoms with Crippen molar-refractivity contribution in [1.29, 1.82) is 0 Å². The SMILES string of the molecule is O=C(NCCC(=O)N1CCCC1)C1CCCN(C(=O)c2ccc(Cl)c(Cl)c2)C1. The largest absolute Gasteiger partial charge is 0.355 e. The highest BCUT2D eigenvalue weighted by Gasteiger charge is 2.29. The van der Waals surface area contributed by atoms with E-state index >= 15 is 0 Å². The molecule has 2 aliphatic heterocycles. The van der Waals surface area contributed by atoms with Gasteiger partial charge in [-0.2, -0.15) is 0 Å². The number of rotatable bonds is 5. The average molecular weight is 426 g/mol. The molecule has 1 N–H and O–H groups in total. The summed E-state index contributed by atoms with van der Waals surface area (Å²) in [6.07, 6.45) is 3.94. The number of hydrogen-bond acceptors (Lipinski definition) is 3. The first kappa shape index (κ1) is 20.9. The molecule has 0 aromatic heterocycles. The first-order valence-electron chi connectivity index (χ1n) is 9.75. The van der Waals surface area contributed by atoms with Crippen LogP contribution in [0.4, 0.5) is 0 Å². The Bertz CT molecular complexity index is 750. The third kappa shape index (κ3) is 5.17. The van der Waals surface area contributed by atoms with Crippen LogP contribution in [0.5, 0.6) is 0 Å². The van der Waals surface area contributed by atoms with Crippen LogP contribution in [-0.2, 0) is 9.59 Å². The van der Waals surface area contributed by atoms with Crippen LogP contribution in [-0.4, -0.2) is 60.2 Å². The maximum atomic E-state index is 12.7. The number of halogens is 2. The molecule has 28 heavy (non-hydrogen) atoms. The number of amides is 3. The van der Waals surface area contributed by atoms with Crippen LogP contribution < -0.4 is 5.32 Å². The quantitative estimate of drug-likeness (QED) is 0.787. The number of carbonyl (C=O) groups is 3.